The molecule has 0 saturated carbocycles. The molecule has 3 aromatic carbocycles. The summed E-state index contributed by atoms with van der Waals surface area (Å²) in [7, 11) is 0. The molecule has 0 aliphatic rings. The van der Waals surface area contributed by atoms with Crippen molar-refractivity contribution < 1.29 is 14.3 Å². The van der Waals surface area contributed by atoms with Crippen LogP contribution in [0, 0.1) is 0 Å². The Bertz CT molecular complexity index is 1030. The molecule has 0 radical (unpaired) electrons. The smallest absolute Gasteiger partial charge is 0.337 e. The molecule has 2 N–H and O–H groups in total. The van der Waals surface area contributed by atoms with Gasteiger partial charge in [-0.05, 0) is 30.3 Å². The van der Waals surface area contributed by atoms with E-state index in [2.05, 4.69) is 5.32 Å². The van der Waals surface area contributed by atoms with Crippen LogP contribution in [-0.4, -0.2) is 11.1 Å². The predicted octanol–water partition coefficient (Wildman–Crippen LogP) is 5.03. The third-order valence-electron chi connectivity index (χ3n) is 3.82. The predicted molar refractivity (Wildman–Crippen MR) is 90.4 cm³/mol. The zero-order valence-corrected chi connectivity index (χ0v) is 12.1. The zero-order chi connectivity index (χ0) is 15.8. The Morgan fingerprint density at radius 3 is 2.48 bits per heavy atom. The number of hydrogen-bond donors (Lipinski definition) is 2. The lowest BCUT2D eigenvalue weighted by Crippen LogP contribution is -2.02. The molecule has 4 aromatic rings. The van der Waals surface area contributed by atoms with Crippen LogP contribution in [-0.2, 0) is 0 Å². The number of hydrogen-bond acceptors (Lipinski definition) is 3. The van der Waals surface area contributed by atoms with Crippen molar-refractivity contribution in [2.75, 3.05) is 5.32 Å². The summed E-state index contributed by atoms with van der Waals surface area (Å²) in [5, 5.41) is 14.5. The van der Waals surface area contributed by atoms with E-state index < -0.39 is 5.97 Å². The number of para-hydroxylation sites is 2. The highest BCUT2D eigenvalue weighted by atomic mass is 16.4. The molecule has 0 saturated heterocycles. The van der Waals surface area contributed by atoms with E-state index in [1.54, 1.807) is 24.3 Å². The topological polar surface area (TPSA) is 62.5 Å². The molecule has 0 amide bonds. The molecule has 0 unspecified atom stereocenters. The van der Waals surface area contributed by atoms with Crippen LogP contribution in [0.2, 0.25) is 0 Å². The molecule has 0 bridgehead atoms. The van der Waals surface area contributed by atoms with E-state index in [0.717, 1.165) is 27.6 Å². The summed E-state index contributed by atoms with van der Waals surface area (Å²) < 4.78 is 5.85. The lowest BCUT2D eigenvalue weighted by atomic mass is 10.1. The minimum absolute atomic E-state index is 0.234. The van der Waals surface area contributed by atoms with Gasteiger partial charge in [0, 0.05) is 22.5 Å². The van der Waals surface area contributed by atoms with Crippen molar-refractivity contribution in [3.05, 3.63) is 72.3 Å². The highest BCUT2D eigenvalue weighted by Crippen LogP contribution is 2.31. The van der Waals surface area contributed by atoms with Crippen LogP contribution in [0.4, 0.5) is 11.4 Å². The first-order chi connectivity index (χ1) is 11.2. The molecule has 0 spiro atoms. The lowest BCUT2D eigenvalue weighted by molar-refractivity contribution is 0.0698. The second-order valence-electron chi connectivity index (χ2n) is 5.28. The number of nitrogens with one attached hydrogen (secondary N) is 1. The monoisotopic (exact) mass is 303 g/mol. The molecule has 1 heterocycles. The van der Waals surface area contributed by atoms with Crippen molar-refractivity contribution in [1.82, 2.24) is 0 Å². The number of aromatic carboxylic acids is 1. The molecule has 0 atom stereocenters. The molecule has 4 rings (SSSR count). The molecule has 4 heteroatoms. The Hall–Kier alpha value is -3.27. The molecular weight excluding hydrogens is 290 g/mol. The van der Waals surface area contributed by atoms with Gasteiger partial charge in [0.05, 0.1) is 11.3 Å². The van der Waals surface area contributed by atoms with E-state index in [4.69, 9.17) is 4.42 Å². The maximum atomic E-state index is 11.3. The number of carboxylic acid groups (broad SMARTS) is 1. The van der Waals surface area contributed by atoms with Crippen molar-refractivity contribution in [1.29, 1.82) is 0 Å². The van der Waals surface area contributed by atoms with Gasteiger partial charge in [-0.3, -0.25) is 0 Å². The number of carbonyl (C=O) groups is 1. The normalized spacial score (nSPS) is 11.0. The molecule has 4 nitrogen and oxygen atoms in total. The number of benzene rings is 3. The highest BCUT2D eigenvalue weighted by molar-refractivity contribution is 6.06. The molecule has 1 aromatic heterocycles. The van der Waals surface area contributed by atoms with E-state index in [9.17, 15) is 9.90 Å². The number of fused-ring (bicyclic) bond motifs is 3. The number of rotatable bonds is 3. The summed E-state index contributed by atoms with van der Waals surface area (Å²) in [4.78, 5) is 11.3. The van der Waals surface area contributed by atoms with E-state index in [1.807, 2.05) is 42.5 Å². The summed E-state index contributed by atoms with van der Waals surface area (Å²) >= 11 is 0. The van der Waals surface area contributed by atoms with E-state index in [1.165, 1.54) is 0 Å². The summed E-state index contributed by atoms with van der Waals surface area (Å²) in [6.45, 7) is 0. The maximum absolute atomic E-state index is 11.3. The third kappa shape index (κ3) is 2.30. The van der Waals surface area contributed by atoms with Gasteiger partial charge < -0.3 is 14.8 Å². The molecular formula is C19H13NO3. The molecule has 0 fully saturated rings. The van der Waals surface area contributed by atoms with Gasteiger partial charge in [0.15, 0.2) is 0 Å². The Balaban J connectivity index is 1.78. The van der Waals surface area contributed by atoms with Gasteiger partial charge >= 0.3 is 5.97 Å². The third-order valence-corrected chi connectivity index (χ3v) is 3.82. The van der Waals surface area contributed by atoms with Gasteiger partial charge in [-0.25, -0.2) is 4.79 Å². The summed E-state index contributed by atoms with van der Waals surface area (Å²) in [5.41, 5.74) is 3.17. The first-order valence-corrected chi connectivity index (χ1v) is 7.23. The maximum Gasteiger partial charge on any atom is 0.337 e. The van der Waals surface area contributed by atoms with Gasteiger partial charge in [0.1, 0.15) is 11.2 Å². The lowest BCUT2D eigenvalue weighted by Gasteiger charge is -2.09. The fourth-order valence-corrected chi connectivity index (χ4v) is 2.74. The summed E-state index contributed by atoms with van der Waals surface area (Å²) in [6.07, 6.45) is 0. The zero-order valence-electron chi connectivity index (χ0n) is 12.1. The van der Waals surface area contributed by atoms with Gasteiger partial charge in [0.25, 0.3) is 0 Å². The van der Waals surface area contributed by atoms with Crippen LogP contribution in [0.3, 0.4) is 0 Å². The van der Waals surface area contributed by atoms with Crippen LogP contribution in [0.25, 0.3) is 21.9 Å². The first kappa shape index (κ1) is 13.4. The summed E-state index contributed by atoms with van der Waals surface area (Å²) in [5.74, 6) is -0.960. The number of carboxylic acids is 1. The van der Waals surface area contributed by atoms with Gasteiger partial charge in [-0.2, -0.15) is 0 Å². The van der Waals surface area contributed by atoms with Crippen LogP contribution in [0.5, 0.6) is 0 Å². The van der Waals surface area contributed by atoms with Gasteiger partial charge in [0.2, 0.25) is 0 Å². The molecule has 0 aliphatic heterocycles. The van der Waals surface area contributed by atoms with Gasteiger partial charge in [-0.1, -0.05) is 30.3 Å². The minimum atomic E-state index is -0.960. The van der Waals surface area contributed by atoms with E-state index in [0.29, 0.717) is 5.69 Å². The quantitative estimate of drug-likeness (QED) is 0.557. The van der Waals surface area contributed by atoms with Crippen LogP contribution in [0.1, 0.15) is 10.4 Å². The largest absolute Gasteiger partial charge is 0.478 e. The Labute approximate surface area is 132 Å². The van der Waals surface area contributed by atoms with Crippen LogP contribution < -0.4 is 5.32 Å². The van der Waals surface area contributed by atoms with Crippen LogP contribution in [0.15, 0.2) is 71.1 Å². The van der Waals surface area contributed by atoms with Crippen LogP contribution >= 0.6 is 0 Å². The SMILES string of the molecule is O=C(O)c1ccccc1Nc1ccc2c(c1)oc1ccccc12. The number of furan rings is 1. The molecule has 112 valence electrons. The minimum Gasteiger partial charge on any atom is -0.478 e. The average Bonchev–Trinajstić information content (AvgIpc) is 2.93. The standard InChI is InChI=1S/C19H13NO3/c21-19(22)15-6-1-3-7-16(15)20-12-9-10-14-13-5-2-4-8-17(13)23-18(14)11-12/h1-11,20H,(H,21,22). The fraction of sp³-hybridized carbons (Fsp3) is 0. The average molecular weight is 303 g/mol. The van der Waals surface area contributed by atoms with E-state index >= 15 is 0 Å². The fourth-order valence-electron chi connectivity index (χ4n) is 2.74. The second kappa shape index (κ2) is 5.18. The molecule has 0 aliphatic carbocycles. The number of anilines is 2. The van der Waals surface area contributed by atoms with Crippen molar-refractivity contribution in [3.8, 4) is 0 Å². The van der Waals surface area contributed by atoms with Crippen molar-refractivity contribution in [2.45, 2.75) is 0 Å². The first-order valence-electron chi connectivity index (χ1n) is 7.23. The Kier molecular flexibility index (Phi) is 3.01. The van der Waals surface area contributed by atoms with Crippen molar-refractivity contribution >= 4 is 39.3 Å². The van der Waals surface area contributed by atoms with Crippen molar-refractivity contribution in [3.63, 3.8) is 0 Å². The molecule has 23 heavy (non-hydrogen) atoms. The van der Waals surface area contributed by atoms with E-state index in [-0.39, 0.29) is 5.56 Å². The summed E-state index contributed by atoms with van der Waals surface area (Å²) in [6, 6.07) is 20.5. The van der Waals surface area contributed by atoms with Crippen molar-refractivity contribution in [2.24, 2.45) is 0 Å². The Morgan fingerprint density at radius 2 is 1.61 bits per heavy atom. The Morgan fingerprint density at radius 1 is 0.870 bits per heavy atom. The van der Waals surface area contributed by atoms with Gasteiger partial charge in [-0.15, -0.1) is 0 Å². The highest BCUT2D eigenvalue weighted by Gasteiger charge is 2.11. The second-order valence-corrected chi connectivity index (χ2v) is 5.28.